The van der Waals surface area contributed by atoms with Crippen LogP contribution >= 0.6 is 0 Å². The Morgan fingerprint density at radius 2 is 1.92 bits per heavy atom. The van der Waals surface area contributed by atoms with Gasteiger partial charge in [0.2, 0.25) is 0 Å². The molecule has 39 heavy (non-hydrogen) atoms. The van der Waals surface area contributed by atoms with Gasteiger partial charge in [-0.2, -0.15) is 5.10 Å². The lowest BCUT2D eigenvalue weighted by Crippen LogP contribution is -2.50. The van der Waals surface area contributed by atoms with Crippen LogP contribution in [-0.2, 0) is 25.8 Å². The number of nitrogens with one attached hydrogen (secondary N) is 1. The minimum atomic E-state index is -1.26. The van der Waals surface area contributed by atoms with Crippen LogP contribution < -0.4 is 11.1 Å². The minimum Gasteiger partial charge on any atom is -0.383 e. The highest BCUT2D eigenvalue weighted by molar-refractivity contribution is 6.76. The number of fused-ring (bicyclic) bond motifs is 1. The first kappa shape index (κ1) is 28.6. The summed E-state index contributed by atoms with van der Waals surface area (Å²) in [5.74, 6) is -1.63. The van der Waals surface area contributed by atoms with E-state index in [4.69, 9.17) is 15.2 Å². The van der Waals surface area contributed by atoms with Crippen LogP contribution in [-0.4, -0.2) is 65.9 Å². The van der Waals surface area contributed by atoms with E-state index in [0.717, 1.165) is 11.6 Å². The molecular formula is C27H37FN6O4Si. The topological polar surface area (TPSA) is 125 Å². The van der Waals surface area contributed by atoms with Gasteiger partial charge in [-0.25, -0.2) is 14.1 Å². The summed E-state index contributed by atoms with van der Waals surface area (Å²) in [6.45, 7) is 9.87. The molecule has 210 valence electrons. The van der Waals surface area contributed by atoms with Crippen LogP contribution in [0.2, 0.25) is 25.7 Å². The van der Waals surface area contributed by atoms with Crippen molar-refractivity contribution in [1.82, 2.24) is 19.7 Å². The number of pyridine rings is 1. The van der Waals surface area contributed by atoms with E-state index in [2.05, 4.69) is 35.0 Å². The second-order valence-corrected chi connectivity index (χ2v) is 16.9. The van der Waals surface area contributed by atoms with Gasteiger partial charge < -0.3 is 25.4 Å². The molecule has 0 bridgehead atoms. The maximum atomic E-state index is 13.6. The fourth-order valence-corrected chi connectivity index (χ4v) is 5.59. The third-order valence-electron chi connectivity index (χ3n) is 7.13. The first-order valence-corrected chi connectivity index (χ1v) is 16.8. The van der Waals surface area contributed by atoms with Gasteiger partial charge in [-0.05, 0) is 30.2 Å². The molecule has 1 aliphatic rings. The molecule has 1 unspecified atom stereocenters. The molecule has 0 saturated carbocycles. The molecule has 3 aromatic rings. The summed E-state index contributed by atoms with van der Waals surface area (Å²) < 4.78 is 26.7. The van der Waals surface area contributed by atoms with Gasteiger partial charge in [-0.1, -0.05) is 38.7 Å². The number of nitrogens with zero attached hydrogens (tertiary/aromatic N) is 4. The maximum absolute atomic E-state index is 13.6. The van der Waals surface area contributed by atoms with Crippen LogP contribution in [0.5, 0.6) is 0 Å². The van der Waals surface area contributed by atoms with Crippen molar-refractivity contribution >= 4 is 42.3 Å². The highest BCUT2D eigenvalue weighted by atomic mass is 28.3. The average Bonchev–Trinajstić information content (AvgIpc) is 3.33. The predicted octanol–water partition coefficient (Wildman–Crippen LogP) is 4.03. The highest BCUT2D eigenvalue weighted by Crippen LogP contribution is 2.35. The number of halogens is 1. The van der Waals surface area contributed by atoms with Crippen molar-refractivity contribution in [3.63, 3.8) is 0 Å². The molecule has 2 aromatic heterocycles. The van der Waals surface area contributed by atoms with Gasteiger partial charge in [0.15, 0.2) is 0 Å². The third kappa shape index (κ3) is 6.63. The molecular weight excluding hydrogens is 519 g/mol. The van der Waals surface area contributed by atoms with Crippen LogP contribution in [0.15, 0.2) is 36.7 Å². The molecule has 3 N–H and O–H groups in total. The molecule has 1 aliphatic heterocycles. The van der Waals surface area contributed by atoms with E-state index in [1.54, 1.807) is 30.1 Å². The molecule has 3 atom stereocenters. The Morgan fingerprint density at radius 3 is 2.59 bits per heavy atom. The first-order chi connectivity index (χ1) is 18.5. The van der Waals surface area contributed by atoms with Gasteiger partial charge in [0.25, 0.3) is 0 Å². The summed E-state index contributed by atoms with van der Waals surface area (Å²) in [6, 6.07) is 6.52. The number of benzene rings is 1. The Morgan fingerprint density at radius 1 is 1.21 bits per heavy atom. The Balaban J connectivity index is 1.56. The zero-order valence-electron chi connectivity index (χ0n) is 23.1. The monoisotopic (exact) mass is 556 g/mol. The Kier molecular flexibility index (Phi) is 8.67. The van der Waals surface area contributed by atoms with E-state index >= 15 is 0 Å². The summed E-state index contributed by atoms with van der Waals surface area (Å²) in [5.41, 5.74) is 7.63. The van der Waals surface area contributed by atoms with Crippen molar-refractivity contribution in [1.29, 1.82) is 0 Å². The number of methoxy groups -OCH3 is 1. The number of rotatable bonds is 8. The van der Waals surface area contributed by atoms with E-state index in [0.29, 0.717) is 36.2 Å². The van der Waals surface area contributed by atoms with E-state index in [1.807, 2.05) is 6.92 Å². The molecule has 10 nitrogen and oxygen atoms in total. The number of hydrogen-bond donors (Lipinski definition) is 2. The van der Waals surface area contributed by atoms with E-state index in [1.165, 1.54) is 23.2 Å². The zero-order chi connectivity index (χ0) is 28.3. The maximum Gasteiger partial charge on any atom is 0.314 e. The number of aromatic nitrogens is 3. The van der Waals surface area contributed by atoms with Crippen LogP contribution in [0.1, 0.15) is 24.9 Å². The fourth-order valence-electron chi connectivity index (χ4n) is 4.84. The molecule has 1 saturated heterocycles. The number of piperidine rings is 1. The first-order valence-electron chi connectivity index (χ1n) is 13.1. The molecule has 4 rings (SSSR count). The summed E-state index contributed by atoms with van der Waals surface area (Å²) in [7, 11) is 0.370. The SMILES string of the molecule is COC1C[C@H](c2ccc(F)cc2)N(C(=O)C(=O)Nc2cnc(N)c3cnn(COCC[Si](C)(C)C)c23)C[C@H]1C. The largest absolute Gasteiger partial charge is 0.383 e. The molecule has 0 aliphatic carbocycles. The fraction of sp³-hybridized carbons (Fsp3) is 0.481. The van der Waals surface area contributed by atoms with Crippen molar-refractivity contribution in [2.75, 3.05) is 31.3 Å². The molecule has 1 aromatic carbocycles. The normalized spacial score (nSPS) is 19.8. The van der Waals surface area contributed by atoms with Gasteiger partial charge in [-0.15, -0.1) is 0 Å². The lowest BCUT2D eigenvalue weighted by atomic mass is 9.87. The lowest BCUT2D eigenvalue weighted by molar-refractivity contribution is -0.149. The number of carbonyl (C=O) groups is 2. The smallest absolute Gasteiger partial charge is 0.314 e. The van der Waals surface area contributed by atoms with Crippen molar-refractivity contribution < 1.29 is 23.5 Å². The second-order valence-electron chi connectivity index (χ2n) is 11.3. The van der Waals surface area contributed by atoms with E-state index in [9.17, 15) is 14.0 Å². The van der Waals surface area contributed by atoms with Gasteiger partial charge in [0.05, 0.1) is 41.1 Å². The Labute approximate surface area is 228 Å². The Bertz CT molecular complexity index is 1330. The number of anilines is 2. The van der Waals surface area contributed by atoms with Gasteiger partial charge in [0.1, 0.15) is 18.4 Å². The number of likely N-dealkylation sites (tertiary alicyclic amines) is 1. The second kappa shape index (κ2) is 11.8. The van der Waals surface area contributed by atoms with Crippen molar-refractivity contribution in [3.05, 3.63) is 48.0 Å². The number of amides is 2. The summed E-state index contributed by atoms with van der Waals surface area (Å²) >= 11 is 0. The van der Waals surface area contributed by atoms with Crippen LogP contribution in [0.25, 0.3) is 10.9 Å². The van der Waals surface area contributed by atoms with Gasteiger partial charge in [0, 0.05) is 34.3 Å². The van der Waals surface area contributed by atoms with Gasteiger partial charge in [-0.3, -0.25) is 9.59 Å². The van der Waals surface area contributed by atoms with Crippen molar-refractivity contribution in [2.45, 2.75) is 57.9 Å². The zero-order valence-corrected chi connectivity index (χ0v) is 24.1. The van der Waals surface area contributed by atoms with Crippen molar-refractivity contribution in [2.24, 2.45) is 5.92 Å². The molecule has 3 heterocycles. The lowest BCUT2D eigenvalue weighted by Gasteiger charge is -2.42. The number of ether oxygens (including phenoxy) is 2. The summed E-state index contributed by atoms with van der Waals surface area (Å²) in [4.78, 5) is 32.6. The third-order valence-corrected chi connectivity index (χ3v) is 8.83. The van der Waals surface area contributed by atoms with Crippen LogP contribution in [0.3, 0.4) is 0 Å². The van der Waals surface area contributed by atoms with Gasteiger partial charge >= 0.3 is 11.8 Å². The summed E-state index contributed by atoms with van der Waals surface area (Å²) in [5, 5.41) is 7.64. The number of nitrogen functional groups attached to an aromatic ring is 1. The predicted molar refractivity (Wildman–Crippen MR) is 150 cm³/mol. The van der Waals surface area contributed by atoms with E-state index < -0.39 is 25.9 Å². The quantitative estimate of drug-likeness (QED) is 0.244. The average molecular weight is 557 g/mol. The molecule has 12 heteroatoms. The molecule has 2 amide bonds. The standard InChI is InChI=1S/C27H37FN6O4Si/c1-17-15-33(22(12-23(17)37-2)18-6-8-19(28)9-7-18)27(36)26(35)32-21-14-30-25(29)20-13-31-34(24(20)21)16-38-10-11-39(3,4)5/h6-9,13-14,17,22-23H,10-12,15-16H2,1-5H3,(H2,29,30)(H,32,35)/t17-,22-,23?/m1/s1. The minimum absolute atomic E-state index is 0.00286. The molecule has 1 fully saturated rings. The molecule has 0 spiro atoms. The Hall–Kier alpha value is -3.35. The highest BCUT2D eigenvalue weighted by Gasteiger charge is 2.39. The van der Waals surface area contributed by atoms with Crippen LogP contribution in [0.4, 0.5) is 15.9 Å². The van der Waals surface area contributed by atoms with Crippen molar-refractivity contribution in [3.8, 4) is 0 Å². The number of carbonyl (C=O) groups excluding carboxylic acids is 2. The summed E-state index contributed by atoms with van der Waals surface area (Å²) in [6.07, 6.45) is 3.36. The molecule has 0 radical (unpaired) electrons. The number of nitrogens with two attached hydrogens (primary N) is 1. The van der Waals surface area contributed by atoms with E-state index in [-0.39, 0.29) is 30.4 Å². The van der Waals surface area contributed by atoms with Crippen LogP contribution in [0, 0.1) is 11.7 Å². The number of hydrogen-bond acceptors (Lipinski definition) is 7.